The first-order chi connectivity index (χ1) is 5.61. The fourth-order valence-corrected chi connectivity index (χ4v) is 1.27. The lowest BCUT2D eigenvalue weighted by molar-refractivity contribution is -0.136. The third-order valence-electron chi connectivity index (χ3n) is 1.60. The monoisotopic (exact) mass is 229 g/mol. The maximum Gasteiger partial charge on any atom is 0.307 e. The molecule has 0 bridgehead atoms. The van der Waals surface area contributed by atoms with Crippen LogP contribution in [0, 0.1) is 6.92 Å². The molecule has 0 saturated heterocycles. The smallest absolute Gasteiger partial charge is 0.307 e. The van der Waals surface area contributed by atoms with Gasteiger partial charge in [-0.1, -0.05) is 0 Å². The van der Waals surface area contributed by atoms with Crippen LogP contribution in [0.1, 0.15) is 11.1 Å². The van der Waals surface area contributed by atoms with Gasteiger partial charge in [0, 0.05) is 6.20 Å². The maximum atomic E-state index is 10.4. The predicted octanol–water partition coefficient (Wildman–Crippen LogP) is 1.78. The van der Waals surface area contributed by atoms with Gasteiger partial charge in [-0.3, -0.25) is 4.79 Å². The second-order valence-electron chi connectivity index (χ2n) is 2.46. The van der Waals surface area contributed by atoms with E-state index in [-0.39, 0.29) is 6.42 Å². The van der Waals surface area contributed by atoms with Crippen molar-refractivity contribution in [2.24, 2.45) is 0 Å². The van der Waals surface area contributed by atoms with Crippen molar-refractivity contribution in [2.75, 3.05) is 0 Å². The number of pyridine rings is 1. The second kappa shape index (κ2) is 3.67. The van der Waals surface area contributed by atoms with E-state index in [0.717, 1.165) is 11.1 Å². The molecule has 0 atom stereocenters. The SMILES string of the molecule is Cc1c(CC(=O)O)ccnc1Br. The van der Waals surface area contributed by atoms with Crippen molar-refractivity contribution in [3.63, 3.8) is 0 Å². The van der Waals surface area contributed by atoms with E-state index in [1.807, 2.05) is 6.92 Å². The number of rotatable bonds is 2. The van der Waals surface area contributed by atoms with Gasteiger partial charge in [0.25, 0.3) is 0 Å². The van der Waals surface area contributed by atoms with Gasteiger partial charge in [-0.05, 0) is 40.0 Å². The van der Waals surface area contributed by atoms with Gasteiger partial charge in [-0.15, -0.1) is 0 Å². The number of carboxylic acids is 1. The fourth-order valence-electron chi connectivity index (χ4n) is 0.901. The Labute approximate surface area is 78.6 Å². The van der Waals surface area contributed by atoms with Gasteiger partial charge in [0.15, 0.2) is 0 Å². The Balaban J connectivity index is 3.00. The number of carboxylic acid groups (broad SMARTS) is 1. The lowest BCUT2D eigenvalue weighted by atomic mass is 10.1. The standard InChI is InChI=1S/C8H8BrNO2/c1-5-6(4-7(11)12)2-3-10-8(5)9/h2-3H,4H2,1H3,(H,11,12). The highest BCUT2D eigenvalue weighted by Crippen LogP contribution is 2.16. The molecule has 0 unspecified atom stereocenters. The summed E-state index contributed by atoms with van der Waals surface area (Å²) in [6.45, 7) is 1.84. The Bertz CT molecular complexity index is 312. The van der Waals surface area contributed by atoms with E-state index in [0.29, 0.717) is 4.60 Å². The molecule has 0 saturated carbocycles. The van der Waals surface area contributed by atoms with E-state index in [2.05, 4.69) is 20.9 Å². The number of carbonyl (C=O) groups is 1. The Morgan fingerprint density at radius 1 is 1.75 bits per heavy atom. The molecule has 0 spiro atoms. The molecule has 0 aromatic carbocycles. The molecule has 1 aromatic rings. The van der Waals surface area contributed by atoms with Crippen LogP contribution in [0.25, 0.3) is 0 Å². The van der Waals surface area contributed by atoms with E-state index >= 15 is 0 Å². The van der Waals surface area contributed by atoms with Crippen LogP contribution in [-0.2, 0) is 11.2 Å². The van der Waals surface area contributed by atoms with Gasteiger partial charge in [0.2, 0.25) is 0 Å². The molecule has 1 heterocycles. The molecule has 1 N–H and O–H groups in total. The van der Waals surface area contributed by atoms with Crippen LogP contribution in [0.4, 0.5) is 0 Å². The molecule has 4 heteroatoms. The average molecular weight is 230 g/mol. The van der Waals surface area contributed by atoms with Crippen LogP contribution in [0.15, 0.2) is 16.9 Å². The molecule has 3 nitrogen and oxygen atoms in total. The van der Waals surface area contributed by atoms with Crippen molar-refractivity contribution in [2.45, 2.75) is 13.3 Å². The predicted molar refractivity (Wildman–Crippen MR) is 48.0 cm³/mol. The number of aliphatic carboxylic acids is 1. The number of hydrogen-bond donors (Lipinski definition) is 1. The highest BCUT2D eigenvalue weighted by atomic mass is 79.9. The summed E-state index contributed by atoms with van der Waals surface area (Å²) in [4.78, 5) is 14.4. The minimum atomic E-state index is -0.823. The summed E-state index contributed by atoms with van der Waals surface area (Å²) in [6.07, 6.45) is 1.64. The summed E-state index contributed by atoms with van der Waals surface area (Å²) < 4.78 is 0.709. The van der Waals surface area contributed by atoms with Gasteiger partial charge in [-0.25, -0.2) is 4.98 Å². The maximum absolute atomic E-state index is 10.4. The summed E-state index contributed by atoms with van der Waals surface area (Å²) >= 11 is 3.23. The van der Waals surface area contributed by atoms with Crippen LogP contribution in [0.3, 0.4) is 0 Å². The van der Waals surface area contributed by atoms with Crippen LogP contribution in [0.5, 0.6) is 0 Å². The highest BCUT2D eigenvalue weighted by Gasteiger charge is 2.05. The Morgan fingerprint density at radius 2 is 2.42 bits per heavy atom. The number of halogens is 1. The summed E-state index contributed by atoms with van der Waals surface area (Å²) in [7, 11) is 0. The normalized spacial score (nSPS) is 9.83. The zero-order chi connectivity index (χ0) is 9.14. The van der Waals surface area contributed by atoms with Crippen LogP contribution >= 0.6 is 15.9 Å². The van der Waals surface area contributed by atoms with E-state index in [1.165, 1.54) is 0 Å². The topological polar surface area (TPSA) is 50.2 Å². The first-order valence-electron chi connectivity index (χ1n) is 3.43. The summed E-state index contributed by atoms with van der Waals surface area (Å²) in [5, 5.41) is 8.55. The lowest BCUT2D eigenvalue weighted by Gasteiger charge is -2.02. The second-order valence-corrected chi connectivity index (χ2v) is 3.21. The Morgan fingerprint density at radius 3 is 3.00 bits per heavy atom. The molecular weight excluding hydrogens is 222 g/mol. The summed E-state index contributed by atoms with van der Waals surface area (Å²) in [5.41, 5.74) is 1.68. The molecule has 1 rings (SSSR count). The zero-order valence-corrected chi connectivity index (χ0v) is 8.13. The molecule has 0 radical (unpaired) electrons. The number of nitrogens with zero attached hydrogens (tertiary/aromatic N) is 1. The van der Waals surface area contributed by atoms with Crippen molar-refractivity contribution in [3.8, 4) is 0 Å². The minimum absolute atomic E-state index is 0.0486. The van der Waals surface area contributed by atoms with Crippen molar-refractivity contribution < 1.29 is 9.90 Å². The fraction of sp³-hybridized carbons (Fsp3) is 0.250. The van der Waals surface area contributed by atoms with Gasteiger partial charge >= 0.3 is 5.97 Å². The van der Waals surface area contributed by atoms with E-state index in [1.54, 1.807) is 12.3 Å². The van der Waals surface area contributed by atoms with Crippen molar-refractivity contribution in [1.29, 1.82) is 0 Å². The summed E-state index contributed by atoms with van der Waals surface area (Å²) in [6, 6.07) is 1.72. The first kappa shape index (κ1) is 9.19. The summed E-state index contributed by atoms with van der Waals surface area (Å²) in [5.74, 6) is -0.823. The van der Waals surface area contributed by atoms with Gasteiger partial charge < -0.3 is 5.11 Å². The molecule has 12 heavy (non-hydrogen) atoms. The molecule has 1 aromatic heterocycles. The zero-order valence-electron chi connectivity index (χ0n) is 6.54. The van der Waals surface area contributed by atoms with Crippen molar-refractivity contribution in [3.05, 3.63) is 28.0 Å². The third-order valence-corrected chi connectivity index (χ3v) is 2.40. The van der Waals surface area contributed by atoms with Crippen LogP contribution in [-0.4, -0.2) is 16.1 Å². The Kier molecular flexibility index (Phi) is 2.81. The van der Waals surface area contributed by atoms with Crippen LogP contribution in [0.2, 0.25) is 0 Å². The first-order valence-corrected chi connectivity index (χ1v) is 4.22. The van der Waals surface area contributed by atoms with E-state index in [9.17, 15) is 4.79 Å². The molecule has 0 aliphatic rings. The quantitative estimate of drug-likeness (QED) is 0.787. The largest absolute Gasteiger partial charge is 0.481 e. The van der Waals surface area contributed by atoms with Crippen molar-refractivity contribution in [1.82, 2.24) is 4.98 Å². The van der Waals surface area contributed by atoms with Gasteiger partial charge in [-0.2, -0.15) is 0 Å². The number of hydrogen-bond acceptors (Lipinski definition) is 2. The highest BCUT2D eigenvalue weighted by molar-refractivity contribution is 9.10. The average Bonchev–Trinajstić information content (AvgIpc) is 1.98. The number of aromatic nitrogens is 1. The molecule has 0 aliphatic carbocycles. The third kappa shape index (κ3) is 2.04. The molecule has 0 amide bonds. The minimum Gasteiger partial charge on any atom is -0.481 e. The van der Waals surface area contributed by atoms with Crippen molar-refractivity contribution >= 4 is 21.9 Å². The molecule has 64 valence electrons. The van der Waals surface area contributed by atoms with Gasteiger partial charge in [0.05, 0.1) is 6.42 Å². The van der Waals surface area contributed by atoms with Gasteiger partial charge in [0.1, 0.15) is 4.60 Å². The Hall–Kier alpha value is -0.900. The molecule has 0 fully saturated rings. The molecule has 0 aliphatic heterocycles. The molecular formula is C8H8BrNO2. The van der Waals surface area contributed by atoms with Crippen LogP contribution < -0.4 is 0 Å². The lowest BCUT2D eigenvalue weighted by Crippen LogP contribution is -2.02. The van der Waals surface area contributed by atoms with E-state index < -0.39 is 5.97 Å². The van der Waals surface area contributed by atoms with E-state index in [4.69, 9.17) is 5.11 Å².